The number of halogens is 2. The Morgan fingerprint density at radius 3 is 2.41 bits per heavy atom. The molecule has 29 heavy (non-hydrogen) atoms. The Morgan fingerprint density at radius 1 is 1.03 bits per heavy atom. The van der Waals surface area contributed by atoms with Crippen LogP contribution < -0.4 is 20.9 Å². The van der Waals surface area contributed by atoms with Gasteiger partial charge in [0.1, 0.15) is 12.4 Å². The zero-order valence-corrected chi connectivity index (χ0v) is 17.5. The summed E-state index contributed by atoms with van der Waals surface area (Å²) in [6, 6.07) is 20.0. The number of hydrazine groups is 1. The van der Waals surface area contributed by atoms with Gasteiger partial charge in [-0.2, -0.15) is 0 Å². The highest BCUT2D eigenvalue weighted by Gasteiger charge is 2.17. The van der Waals surface area contributed by atoms with E-state index in [-0.39, 0.29) is 0 Å². The molecule has 3 N–H and O–H groups in total. The number of nitrogens with two attached hydrogens (primary N) is 1. The van der Waals surface area contributed by atoms with E-state index >= 15 is 0 Å². The van der Waals surface area contributed by atoms with Gasteiger partial charge in [0.25, 0.3) is 5.91 Å². The summed E-state index contributed by atoms with van der Waals surface area (Å²) in [5.74, 6) is 0.245. The highest BCUT2D eigenvalue weighted by Crippen LogP contribution is 2.24. The first-order valence-electron chi connectivity index (χ1n) is 8.56. The minimum absolute atomic E-state index is 0.348. The van der Waals surface area contributed by atoms with Gasteiger partial charge in [-0.1, -0.05) is 41.9 Å². The molecule has 0 aliphatic carbocycles. The molecule has 0 spiro atoms. The quantitative estimate of drug-likeness (QED) is 0.515. The van der Waals surface area contributed by atoms with Crippen LogP contribution in [0.15, 0.2) is 77.3 Å². The molecule has 0 aromatic heterocycles. The summed E-state index contributed by atoms with van der Waals surface area (Å²) in [4.78, 5) is 24.3. The van der Waals surface area contributed by atoms with Crippen LogP contribution in [0, 0.1) is 0 Å². The Bertz CT molecular complexity index is 1030. The van der Waals surface area contributed by atoms with Gasteiger partial charge in [-0.3, -0.25) is 10.2 Å². The summed E-state index contributed by atoms with van der Waals surface area (Å²) in [7, 11) is 0. The molecule has 0 saturated carbocycles. The largest absolute Gasteiger partial charge is 0.488 e. The van der Waals surface area contributed by atoms with Crippen molar-refractivity contribution in [1.82, 2.24) is 5.43 Å². The van der Waals surface area contributed by atoms with Gasteiger partial charge in [0, 0.05) is 10.6 Å². The highest BCUT2D eigenvalue weighted by atomic mass is 79.9. The van der Waals surface area contributed by atoms with Gasteiger partial charge in [0.2, 0.25) is 0 Å². The number of anilines is 1. The van der Waals surface area contributed by atoms with Gasteiger partial charge in [-0.15, -0.1) is 0 Å². The Labute approximate surface area is 181 Å². The molecule has 6 nitrogen and oxygen atoms in total. The number of para-hydroxylation sites is 1. The number of rotatable bonds is 5. The van der Waals surface area contributed by atoms with Gasteiger partial charge in [-0.05, 0) is 64.0 Å². The van der Waals surface area contributed by atoms with Gasteiger partial charge in [0.15, 0.2) is 0 Å². The van der Waals surface area contributed by atoms with Gasteiger partial charge >= 0.3 is 6.03 Å². The first-order chi connectivity index (χ1) is 13.9. The van der Waals surface area contributed by atoms with Gasteiger partial charge < -0.3 is 10.5 Å². The molecular formula is C21H17BrClN3O3. The van der Waals surface area contributed by atoms with E-state index in [1.807, 2.05) is 24.3 Å². The molecule has 0 saturated heterocycles. The van der Waals surface area contributed by atoms with Crippen molar-refractivity contribution >= 4 is 45.2 Å². The summed E-state index contributed by atoms with van der Waals surface area (Å²) in [6.07, 6.45) is 0. The van der Waals surface area contributed by atoms with E-state index in [0.29, 0.717) is 22.9 Å². The van der Waals surface area contributed by atoms with Crippen LogP contribution in [0.3, 0.4) is 0 Å². The minimum atomic E-state index is -0.834. The van der Waals surface area contributed by atoms with Crippen LogP contribution >= 0.6 is 27.5 Å². The first-order valence-corrected chi connectivity index (χ1v) is 9.73. The van der Waals surface area contributed by atoms with E-state index < -0.39 is 11.9 Å². The average molecular weight is 475 g/mol. The van der Waals surface area contributed by atoms with Gasteiger partial charge in [-0.25, -0.2) is 9.80 Å². The second-order valence-corrected chi connectivity index (χ2v) is 7.30. The maximum atomic E-state index is 12.5. The Kier molecular flexibility index (Phi) is 6.74. The smallest absolute Gasteiger partial charge is 0.338 e. The zero-order valence-electron chi connectivity index (χ0n) is 15.1. The van der Waals surface area contributed by atoms with Crippen LogP contribution in [0.25, 0.3) is 0 Å². The molecule has 0 unspecified atom stereocenters. The lowest BCUT2D eigenvalue weighted by molar-refractivity contribution is 0.0950. The molecule has 3 amide bonds. The third-order valence-electron chi connectivity index (χ3n) is 3.95. The summed E-state index contributed by atoms with van der Waals surface area (Å²) in [5.41, 5.74) is 9.48. The Balaban J connectivity index is 1.66. The maximum absolute atomic E-state index is 12.5. The SMILES string of the molecule is NC(=O)N(NC(=O)c1ccc(COc2ccccc2Br)cc1)c1cccc(Cl)c1. The molecule has 0 radical (unpaired) electrons. The van der Waals surface area contributed by atoms with Crippen molar-refractivity contribution < 1.29 is 14.3 Å². The van der Waals surface area contributed by atoms with Crippen molar-refractivity contribution in [2.75, 3.05) is 5.01 Å². The number of amides is 3. The van der Waals surface area contributed by atoms with Crippen molar-refractivity contribution in [2.45, 2.75) is 6.61 Å². The standard InChI is InChI=1S/C21H17BrClN3O3/c22-18-6-1-2-7-19(18)29-13-14-8-10-15(11-9-14)20(27)25-26(21(24)28)17-5-3-4-16(23)12-17/h1-12H,13H2,(H2,24,28)(H,25,27). The molecule has 0 aliphatic rings. The fourth-order valence-electron chi connectivity index (χ4n) is 2.50. The number of nitrogens with zero attached hydrogens (tertiary/aromatic N) is 1. The maximum Gasteiger partial charge on any atom is 0.338 e. The molecule has 3 aromatic carbocycles. The fraction of sp³-hybridized carbons (Fsp3) is 0.0476. The lowest BCUT2D eigenvalue weighted by atomic mass is 10.1. The molecule has 3 aromatic rings. The van der Waals surface area contributed by atoms with Crippen LogP contribution in [-0.4, -0.2) is 11.9 Å². The molecule has 0 atom stereocenters. The molecule has 0 fully saturated rings. The molecule has 3 rings (SSSR count). The van der Waals surface area contributed by atoms with Crippen molar-refractivity contribution in [1.29, 1.82) is 0 Å². The minimum Gasteiger partial charge on any atom is -0.488 e. The number of carbonyl (C=O) groups is 2. The average Bonchev–Trinajstić information content (AvgIpc) is 2.71. The van der Waals surface area contributed by atoms with Crippen LogP contribution in [0.2, 0.25) is 5.02 Å². The predicted octanol–water partition coefficient (Wildman–Crippen LogP) is 4.91. The normalized spacial score (nSPS) is 10.3. The number of benzene rings is 3. The summed E-state index contributed by atoms with van der Waals surface area (Å²) in [5, 5.41) is 1.36. The lowest BCUT2D eigenvalue weighted by Gasteiger charge is -2.21. The molecule has 0 aliphatic heterocycles. The van der Waals surface area contributed by atoms with Crippen LogP contribution in [0.5, 0.6) is 5.75 Å². The number of primary amides is 1. The summed E-state index contributed by atoms with van der Waals surface area (Å²) >= 11 is 9.37. The monoisotopic (exact) mass is 473 g/mol. The van der Waals surface area contributed by atoms with E-state index in [1.165, 1.54) is 6.07 Å². The zero-order chi connectivity index (χ0) is 20.8. The first kappa shape index (κ1) is 20.7. The van der Waals surface area contributed by atoms with E-state index in [9.17, 15) is 9.59 Å². The van der Waals surface area contributed by atoms with E-state index in [0.717, 1.165) is 20.8 Å². The molecule has 0 bridgehead atoms. The van der Waals surface area contributed by atoms with Crippen molar-refractivity contribution in [2.24, 2.45) is 5.73 Å². The number of hydrogen-bond acceptors (Lipinski definition) is 3. The number of ether oxygens (including phenoxy) is 1. The van der Waals surface area contributed by atoms with Crippen LogP contribution in [0.1, 0.15) is 15.9 Å². The Hall–Kier alpha value is -3.03. The van der Waals surface area contributed by atoms with Crippen molar-refractivity contribution in [3.8, 4) is 5.75 Å². The third kappa shape index (κ3) is 5.49. The van der Waals surface area contributed by atoms with E-state index in [2.05, 4.69) is 21.4 Å². The number of carbonyl (C=O) groups excluding carboxylic acids is 2. The predicted molar refractivity (Wildman–Crippen MR) is 116 cm³/mol. The van der Waals surface area contributed by atoms with Gasteiger partial charge in [0.05, 0.1) is 10.2 Å². The number of urea groups is 1. The molecule has 8 heteroatoms. The molecular weight excluding hydrogens is 458 g/mol. The van der Waals surface area contributed by atoms with Crippen molar-refractivity contribution in [3.05, 3.63) is 93.4 Å². The highest BCUT2D eigenvalue weighted by molar-refractivity contribution is 9.10. The van der Waals surface area contributed by atoms with Crippen molar-refractivity contribution in [3.63, 3.8) is 0 Å². The number of nitrogens with one attached hydrogen (secondary N) is 1. The molecule has 148 valence electrons. The second-order valence-electron chi connectivity index (χ2n) is 6.01. The second kappa shape index (κ2) is 9.45. The molecule has 0 heterocycles. The summed E-state index contributed by atoms with van der Waals surface area (Å²) in [6.45, 7) is 0.348. The van der Waals surface area contributed by atoms with E-state index in [4.69, 9.17) is 22.1 Å². The number of hydrogen-bond donors (Lipinski definition) is 2. The fourth-order valence-corrected chi connectivity index (χ4v) is 3.09. The lowest BCUT2D eigenvalue weighted by Crippen LogP contribution is -2.49. The summed E-state index contributed by atoms with van der Waals surface area (Å²) < 4.78 is 6.62. The topological polar surface area (TPSA) is 84.7 Å². The van der Waals surface area contributed by atoms with Crippen LogP contribution in [0.4, 0.5) is 10.5 Å². The van der Waals surface area contributed by atoms with Crippen LogP contribution in [-0.2, 0) is 6.61 Å². The Morgan fingerprint density at radius 2 is 1.76 bits per heavy atom. The van der Waals surface area contributed by atoms with E-state index in [1.54, 1.807) is 42.5 Å². The third-order valence-corrected chi connectivity index (χ3v) is 4.84.